The molecule has 4 heteroatoms. The molecule has 0 aliphatic carbocycles. The molecule has 136 valence electrons. The van der Waals surface area contributed by atoms with Crippen LogP contribution in [0, 0.1) is 0 Å². The van der Waals surface area contributed by atoms with Gasteiger partial charge in [-0.3, -0.25) is 4.99 Å². The topological polar surface area (TPSA) is 15.6 Å². The van der Waals surface area contributed by atoms with E-state index < -0.39 is 0 Å². The number of anilines is 1. The van der Waals surface area contributed by atoms with Crippen LogP contribution in [0.3, 0.4) is 0 Å². The summed E-state index contributed by atoms with van der Waals surface area (Å²) in [4.78, 5) is 7.02. The Morgan fingerprint density at radius 3 is 2.69 bits per heavy atom. The summed E-state index contributed by atoms with van der Waals surface area (Å²) in [5.41, 5.74) is 5.55. The Bertz CT molecular complexity index is 884. The van der Waals surface area contributed by atoms with Crippen molar-refractivity contribution in [3.05, 3.63) is 63.1 Å². The fourth-order valence-corrected chi connectivity index (χ4v) is 4.14. The smallest absolute Gasteiger partial charge is 0.0641 e. The average Bonchev–Trinajstić information content (AvgIpc) is 2.57. The maximum absolute atomic E-state index is 6.62. The maximum Gasteiger partial charge on any atom is 0.0641 e. The molecule has 0 N–H and O–H groups in total. The zero-order valence-electron chi connectivity index (χ0n) is 15.7. The zero-order valence-corrected chi connectivity index (χ0v) is 18.0. The number of nitrogens with zero attached hydrogens (tertiary/aromatic N) is 2. The number of allylic oxidation sites excluding steroid dienone is 1. The molecule has 2 nitrogen and oxygen atoms in total. The molecule has 2 aromatic rings. The van der Waals surface area contributed by atoms with Crippen LogP contribution in [-0.2, 0) is 0 Å². The van der Waals surface area contributed by atoms with E-state index in [1.54, 1.807) is 0 Å². The third kappa shape index (κ3) is 3.89. The maximum atomic E-state index is 6.62. The quantitative estimate of drug-likeness (QED) is 0.465. The summed E-state index contributed by atoms with van der Waals surface area (Å²) in [6.07, 6.45) is 5.29. The first-order valence-corrected chi connectivity index (χ1v) is 10.1. The Morgan fingerprint density at radius 1 is 1.23 bits per heavy atom. The van der Waals surface area contributed by atoms with Crippen LogP contribution in [-0.4, -0.2) is 18.3 Å². The van der Waals surface area contributed by atoms with Gasteiger partial charge in [-0.1, -0.05) is 46.6 Å². The summed E-state index contributed by atoms with van der Waals surface area (Å²) >= 11 is 10.1. The van der Waals surface area contributed by atoms with Crippen LogP contribution < -0.4 is 4.90 Å². The highest BCUT2D eigenvalue weighted by Gasteiger charge is 2.31. The molecule has 2 aromatic carbocycles. The Labute approximate surface area is 169 Å². The van der Waals surface area contributed by atoms with E-state index in [1.165, 1.54) is 16.8 Å². The number of rotatable bonds is 4. The largest absolute Gasteiger partial charge is 0.362 e. The molecule has 0 bridgehead atoms. The molecule has 0 fully saturated rings. The zero-order chi connectivity index (χ0) is 18.9. The van der Waals surface area contributed by atoms with Gasteiger partial charge in [-0.05, 0) is 63.1 Å². The second kappa shape index (κ2) is 7.58. The van der Waals surface area contributed by atoms with Crippen molar-refractivity contribution < 1.29 is 0 Å². The third-order valence-electron chi connectivity index (χ3n) is 4.70. The molecule has 0 atom stereocenters. The minimum atomic E-state index is -0.0116. The van der Waals surface area contributed by atoms with Crippen molar-refractivity contribution in [3.63, 3.8) is 0 Å². The van der Waals surface area contributed by atoms with Gasteiger partial charge in [0.2, 0.25) is 0 Å². The Balaban J connectivity index is 2.03. The van der Waals surface area contributed by atoms with Gasteiger partial charge in [0.25, 0.3) is 0 Å². The van der Waals surface area contributed by atoms with E-state index >= 15 is 0 Å². The fraction of sp³-hybridized carbons (Fsp3) is 0.318. The molecule has 0 saturated heterocycles. The second-order valence-corrected chi connectivity index (χ2v) is 8.58. The Hall–Kier alpha value is -1.58. The van der Waals surface area contributed by atoms with Gasteiger partial charge in [-0.15, -0.1) is 0 Å². The van der Waals surface area contributed by atoms with Gasteiger partial charge in [-0.25, -0.2) is 0 Å². The summed E-state index contributed by atoms with van der Waals surface area (Å²) in [6.45, 7) is 9.90. The SMILES string of the molecule is CCCN1c2cc(Cl)c(C=Nc3cccc(Br)c3)cc2C(C)=CC1(C)C. The molecule has 26 heavy (non-hydrogen) atoms. The van der Waals surface area contributed by atoms with Crippen molar-refractivity contribution in [2.24, 2.45) is 4.99 Å². The molecule has 0 saturated carbocycles. The highest BCUT2D eigenvalue weighted by Crippen LogP contribution is 2.41. The van der Waals surface area contributed by atoms with Gasteiger partial charge < -0.3 is 4.90 Å². The molecular weight excluding hydrogens is 408 g/mol. The number of halogens is 2. The van der Waals surface area contributed by atoms with Crippen molar-refractivity contribution >= 4 is 50.7 Å². The molecule has 0 unspecified atom stereocenters. The molecule has 0 aromatic heterocycles. The number of hydrogen-bond donors (Lipinski definition) is 0. The highest BCUT2D eigenvalue weighted by molar-refractivity contribution is 9.10. The number of fused-ring (bicyclic) bond motifs is 1. The van der Waals surface area contributed by atoms with E-state index in [9.17, 15) is 0 Å². The molecule has 1 aliphatic rings. The predicted octanol–water partition coefficient (Wildman–Crippen LogP) is 7.27. The van der Waals surface area contributed by atoms with E-state index in [4.69, 9.17) is 11.6 Å². The minimum Gasteiger partial charge on any atom is -0.362 e. The lowest BCUT2D eigenvalue weighted by atomic mass is 9.88. The lowest BCUT2D eigenvalue weighted by Crippen LogP contribution is -2.45. The first-order valence-electron chi connectivity index (χ1n) is 8.92. The molecule has 0 spiro atoms. The van der Waals surface area contributed by atoms with Crippen LogP contribution >= 0.6 is 27.5 Å². The van der Waals surface area contributed by atoms with Crippen molar-refractivity contribution in [2.45, 2.75) is 39.7 Å². The molecular formula is C22H24BrClN2. The van der Waals surface area contributed by atoms with Gasteiger partial charge in [0.05, 0.1) is 16.2 Å². The van der Waals surface area contributed by atoms with Crippen molar-refractivity contribution in [1.29, 1.82) is 0 Å². The van der Waals surface area contributed by atoms with E-state index in [-0.39, 0.29) is 5.54 Å². The first kappa shape index (κ1) is 19.2. The lowest BCUT2D eigenvalue weighted by molar-refractivity contribution is 0.550. The second-order valence-electron chi connectivity index (χ2n) is 7.26. The molecule has 0 amide bonds. The highest BCUT2D eigenvalue weighted by atomic mass is 79.9. The lowest BCUT2D eigenvalue weighted by Gasteiger charge is -2.43. The van der Waals surface area contributed by atoms with Crippen LogP contribution in [0.15, 0.2) is 51.9 Å². The fourth-order valence-electron chi connectivity index (χ4n) is 3.55. The van der Waals surface area contributed by atoms with Crippen LogP contribution in [0.1, 0.15) is 45.2 Å². The minimum absolute atomic E-state index is 0.0116. The van der Waals surface area contributed by atoms with Gasteiger partial charge >= 0.3 is 0 Å². The van der Waals surface area contributed by atoms with Gasteiger partial charge in [0.15, 0.2) is 0 Å². The normalized spacial score (nSPS) is 15.9. The van der Waals surface area contributed by atoms with Crippen LogP contribution in [0.2, 0.25) is 5.02 Å². The monoisotopic (exact) mass is 430 g/mol. The molecule has 3 rings (SSSR count). The van der Waals surface area contributed by atoms with Gasteiger partial charge in [0.1, 0.15) is 0 Å². The summed E-state index contributed by atoms with van der Waals surface area (Å²) in [6, 6.07) is 12.2. The van der Waals surface area contributed by atoms with Crippen LogP contribution in [0.5, 0.6) is 0 Å². The Morgan fingerprint density at radius 2 is 2.00 bits per heavy atom. The van der Waals surface area contributed by atoms with Crippen molar-refractivity contribution in [3.8, 4) is 0 Å². The van der Waals surface area contributed by atoms with E-state index in [1.807, 2.05) is 30.5 Å². The van der Waals surface area contributed by atoms with Crippen molar-refractivity contribution in [2.75, 3.05) is 11.4 Å². The number of benzene rings is 2. The van der Waals surface area contributed by atoms with Gasteiger partial charge in [0, 0.05) is 34.0 Å². The molecule has 0 radical (unpaired) electrons. The summed E-state index contributed by atoms with van der Waals surface area (Å²) < 4.78 is 1.01. The van der Waals surface area contributed by atoms with Crippen molar-refractivity contribution in [1.82, 2.24) is 0 Å². The standard InChI is InChI=1S/C22H24BrClN2/c1-5-9-26-21-12-20(24)16(10-19(21)15(2)13-22(26,3)4)14-25-18-8-6-7-17(23)11-18/h6-8,10-14H,5,9H2,1-4H3. The molecule has 1 heterocycles. The predicted molar refractivity (Wildman–Crippen MR) is 118 cm³/mol. The van der Waals surface area contributed by atoms with Crippen LogP contribution in [0.4, 0.5) is 11.4 Å². The van der Waals surface area contributed by atoms with Crippen LogP contribution in [0.25, 0.3) is 5.57 Å². The van der Waals surface area contributed by atoms with E-state index in [0.29, 0.717) is 0 Å². The summed E-state index contributed by atoms with van der Waals surface area (Å²) in [5, 5.41) is 0.731. The van der Waals surface area contributed by atoms with E-state index in [0.717, 1.165) is 33.7 Å². The number of aliphatic imine (C=N–C) groups is 1. The summed E-state index contributed by atoms with van der Waals surface area (Å²) in [5.74, 6) is 0. The molecule has 1 aliphatic heterocycles. The number of hydrogen-bond acceptors (Lipinski definition) is 2. The van der Waals surface area contributed by atoms with E-state index in [2.05, 4.69) is 71.7 Å². The Kier molecular flexibility index (Phi) is 5.59. The third-order valence-corrected chi connectivity index (χ3v) is 5.52. The first-order chi connectivity index (χ1) is 12.3. The summed E-state index contributed by atoms with van der Waals surface area (Å²) in [7, 11) is 0. The average molecular weight is 432 g/mol. The van der Waals surface area contributed by atoms with Gasteiger partial charge in [-0.2, -0.15) is 0 Å².